The number of pyridine rings is 1. The zero-order valence-corrected chi connectivity index (χ0v) is 33.6. The third-order valence-electron chi connectivity index (χ3n) is 10.2. The number of halogens is 1. The Hall–Kier alpha value is -4.64. The Morgan fingerprint density at radius 2 is 1.50 bits per heavy atom. The summed E-state index contributed by atoms with van der Waals surface area (Å²) in [6.07, 6.45) is -0.110. The van der Waals surface area contributed by atoms with Crippen LogP contribution in [-0.4, -0.2) is 43.8 Å². The second kappa shape index (κ2) is 16.0. The molecule has 1 unspecified atom stereocenters. The largest absolute Gasteiger partial charge is 0.481 e. The molecule has 9 heteroatoms. The Balaban J connectivity index is 1.50. The first-order chi connectivity index (χ1) is 25.8. The number of hydrogen-bond donors (Lipinski definition) is 1. The number of fused-ring (bicyclic) bond motifs is 3. The van der Waals surface area contributed by atoms with Gasteiger partial charge < -0.3 is 14.1 Å². The minimum Gasteiger partial charge on any atom is -0.481 e. The number of carboxylic acids is 1. The van der Waals surface area contributed by atoms with Crippen molar-refractivity contribution in [3.63, 3.8) is 0 Å². The van der Waals surface area contributed by atoms with Gasteiger partial charge in [0.05, 0.1) is 35.6 Å². The fourth-order valence-corrected chi connectivity index (χ4v) is 13.8. The second-order valence-electron chi connectivity index (χ2n) is 15.2. The number of benzene rings is 4. The SMILES string of the molecule is COP(=O)(C#Cc1c(C(C)C)nc2c(c1-c1ccc(F)cc1)CCc1ccccc1-2)C[C@H](CC(=O)O)O[Si](c1ccccc1)(c1ccccc1)C(C)(C)C. The molecule has 1 aliphatic rings. The van der Waals surface area contributed by atoms with Crippen LogP contribution < -0.4 is 10.4 Å². The highest BCUT2D eigenvalue weighted by Gasteiger charge is 2.52. The highest BCUT2D eigenvalue weighted by molar-refractivity contribution is 7.64. The molecular weight excluding hydrogens is 713 g/mol. The van der Waals surface area contributed by atoms with Crippen LogP contribution in [-0.2, 0) is 31.2 Å². The first-order valence-electron chi connectivity index (χ1n) is 18.4. The van der Waals surface area contributed by atoms with Gasteiger partial charge in [0.1, 0.15) is 5.82 Å². The zero-order valence-electron chi connectivity index (χ0n) is 31.7. The number of carboxylic acid groups (broad SMARTS) is 1. The van der Waals surface area contributed by atoms with Crippen LogP contribution in [0.5, 0.6) is 0 Å². The second-order valence-corrected chi connectivity index (χ2v) is 21.7. The third kappa shape index (κ3) is 7.92. The maximum Gasteiger partial charge on any atom is 0.305 e. The van der Waals surface area contributed by atoms with E-state index < -0.39 is 39.2 Å². The van der Waals surface area contributed by atoms with Crippen LogP contribution in [0.3, 0.4) is 0 Å². The first kappa shape index (κ1) is 39.1. The number of aliphatic carboxylic acids is 1. The van der Waals surface area contributed by atoms with E-state index in [-0.39, 0.29) is 17.9 Å². The summed E-state index contributed by atoms with van der Waals surface area (Å²) < 4.78 is 42.1. The van der Waals surface area contributed by atoms with Crippen molar-refractivity contribution in [2.75, 3.05) is 13.3 Å². The van der Waals surface area contributed by atoms with Crippen molar-refractivity contribution < 1.29 is 27.8 Å². The van der Waals surface area contributed by atoms with Gasteiger partial charge in [-0.3, -0.25) is 14.3 Å². The zero-order chi connectivity index (χ0) is 38.7. The van der Waals surface area contributed by atoms with Crippen molar-refractivity contribution in [1.29, 1.82) is 0 Å². The molecule has 1 N–H and O–H groups in total. The molecule has 4 aromatic carbocycles. The van der Waals surface area contributed by atoms with Crippen molar-refractivity contribution >= 4 is 32.0 Å². The number of aryl methyl sites for hydroxylation is 1. The Kier molecular flexibility index (Phi) is 11.6. The van der Waals surface area contributed by atoms with Gasteiger partial charge in [0.25, 0.3) is 15.7 Å². The van der Waals surface area contributed by atoms with Crippen molar-refractivity contribution in [2.45, 2.75) is 70.9 Å². The normalized spacial score (nSPS) is 14.3. The van der Waals surface area contributed by atoms with Crippen LogP contribution in [0.2, 0.25) is 5.04 Å². The van der Waals surface area contributed by atoms with E-state index in [0.717, 1.165) is 50.4 Å². The number of carbonyl (C=O) groups is 1. The predicted molar refractivity (Wildman–Crippen MR) is 218 cm³/mol. The summed E-state index contributed by atoms with van der Waals surface area (Å²) >= 11 is 0. The smallest absolute Gasteiger partial charge is 0.305 e. The molecule has 5 aromatic rings. The summed E-state index contributed by atoms with van der Waals surface area (Å²) in [6, 6.07) is 34.5. The molecule has 0 radical (unpaired) electrons. The topological polar surface area (TPSA) is 85.7 Å². The number of hydrogen-bond acceptors (Lipinski definition) is 5. The molecule has 6 nitrogen and oxygen atoms in total. The lowest BCUT2D eigenvalue weighted by Crippen LogP contribution is -2.68. The van der Waals surface area contributed by atoms with E-state index in [0.29, 0.717) is 12.0 Å². The molecule has 0 aliphatic heterocycles. The summed E-state index contributed by atoms with van der Waals surface area (Å²) in [5, 5.41) is 11.7. The summed E-state index contributed by atoms with van der Waals surface area (Å²) in [7, 11) is -5.75. The lowest BCUT2D eigenvalue weighted by atomic mass is 9.81. The molecule has 0 spiro atoms. The lowest BCUT2D eigenvalue weighted by molar-refractivity contribution is -0.138. The summed E-state index contributed by atoms with van der Waals surface area (Å²) in [5.74, 6) is 1.78. The number of rotatable bonds is 11. The molecule has 0 bridgehead atoms. The van der Waals surface area contributed by atoms with Crippen LogP contribution in [0.1, 0.15) is 69.3 Å². The van der Waals surface area contributed by atoms with Gasteiger partial charge in [-0.15, -0.1) is 0 Å². The van der Waals surface area contributed by atoms with E-state index >= 15 is 0 Å². The Labute approximate surface area is 319 Å². The van der Waals surface area contributed by atoms with Gasteiger partial charge >= 0.3 is 5.97 Å². The molecule has 0 amide bonds. The van der Waals surface area contributed by atoms with Gasteiger partial charge in [-0.1, -0.05) is 138 Å². The van der Waals surface area contributed by atoms with E-state index in [9.17, 15) is 18.9 Å². The van der Waals surface area contributed by atoms with Gasteiger partial charge in [0, 0.05) is 18.2 Å². The molecule has 2 atom stereocenters. The van der Waals surface area contributed by atoms with E-state index in [2.05, 4.69) is 44.5 Å². The number of aromatic nitrogens is 1. The summed E-state index contributed by atoms with van der Waals surface area (Å²) in [4.78, 5) is 17.7. The van der Waals surface area contributed by atoms with Gasteiger partial charge in [-0.2, -0.15) is 0 Å². The molecule has 0 saturated carbocycles. The molecule has 1 aliphatic carbocycles. The highest BCUT2D eigenvalue weighted by Crippen LogP contribution is 2.49. The fraction of sp³-hybridized carbons (Fsp3) is 0.289. The molecule has 1 aromatic heterocycles. The van der Waals surface area contributed by atoms with Gasteiger partial charge in [-0.25, -0.2) is 4.39 Å². The Morgan fingerprint density at radius 3 is 2.06 bits per heavy atom. The number of nitrogens with zero attached hydrogens (tertiary/aromatic N) is 1. The molecule has 0 saturated heterocycles. The van der Waals surface area contributed by atoms with Crippen LogP contribution in [0.4, 0.5) is 4.39 Å². The molecule has 54 heavy (non-hydrogen) atoms. The summed E-state index contributed by atoms with van der Waals surface area (Å²) in [6.45, 7) is 10.4. The van der Waals surface area contributed by atoms with Crippen molar-refractivity contribution in [2.24, 2.45) is 0 Å². The van der Waals surface area contributed by atoms with Gasteiger partial charge in [0.2, 0.25) is 0 Å². The highest BCUT2D eigenvalue weighted by atomic mass is 31.2. The molecule has 6 rings (SSSR count). The van der Waals surface area contributed by atoms with Crippen molar-refractivity contribution in [3.8, 4) is 34.0 Å². The molecule has 1 heterocycles. The Morgan fingerprint density at radius 1 is 0.907 bits per heavy atom. The maximum atomic E-state index is 14.9. The van der Waals surface area contributed by atoms with Crippen LogP contribution in [0.25, 0.3) is 22.4 Å². The fourth-order valence-electron chi connectivity index (χ4n) is 7.67. The average Bonchev–Trinajstić information content (AvgIpc) is 3.15. The summed E-state index contributed by atoms with van der Waals surface area (Å²) in [5.41, 5.74) is 10.1. The lowest BCUT2D eigenvalue weighted by Gasteiger charge is -2.45. The van der Waals surface area contributed by atoms with Crippen LogP contribution >= 0.6 is 7.37 Å². The predicted octanol–water partition coefficient (Wildman–Crippen LogP) is 9.43. The van der Waals surface area contributed by atoms with Crippen LogP contribution in [0.15, 0.2) is 109 Å². The van der Waals surface area contributed by atoms with Crippen molar-refractivity contribution in [3.05, 3.63) is 137 Å². The maximum absolute atomic E-state index is 14.9. The molecule has 278 valence electrons. The van der Waals surface area contributed by atoms with E-state index in [1.165, 1.54) is 24.8 Å². The minimum atomic E-state index is -3.87. The van der Waals surface area contributed by atoms with Gasteiger partial charge in [-0.05, 0) is 68.7 Å². The molecule has 0 fully saturated rings. The standard InChI is InChI=1S/C45H47FNO5PSi/c1-31(2)43-40(42(33-21-24-34(46)25-22-33)39-26-23-32-15-13-14-20-38(32)44(39)47-43)27-28-53(50,51-6)30-35(29-41(48)49)52-54(45(3,4)5,36-16-9-7-10-17-36)37-18-11-8-12-19-37/h7-22,24-25,31,35H,23,26,29-30H2,1-6H3,(H,48,49)/t35-,53?/m0/s1. The average molecular weight is 760 g/mol. The van der Waals surface area contributed by atoms with E-state index in [1.807, 2.05) is 86.6 Å². The minimum absolute atomic E-state index is 0.0620. The van der Waals surface area contributed by atoms with Crippen molar-refractivity contribution in [1.82, 2.24) is 4.98 Å². The Bertz CT molecular complexity index is 2200. The molecular formula is C45H47FNO5PSi. The quantitative estimate of drug-likeness (QED) is 0.0821. The van der Waals surface area contributed by atoms with E-state index in [4.69, 9.17) is 13.9 Å². The monoisotopic (exact) mass is 759 g/mol. The third-order valence-corrected chi connectivity index (χ3v) is 17.2. The van der Waals surface area contributed by atoms with Gasteiger partial charge in [0.15, 0.2) is 0 Å². The van der Waals surface area contributed by atoms with Crippen LogP contribution in [0, 0.1) is 17.4 Å². The van der Waals surface area contributed by atoms with E-state index in [1.54, 1.807) is 12.1 Å². The first-order valence-corrected chi connectivity index (χ1v) is 22.1.